The van der Waals surface area contributed by atoms with Gasteiger partial charge in [-0.3, -0.25) is 4.79 Å². The van der Waals surface area contributed by atoms with Crippen LogP contribution in [0.15, 0.2) is 24.3 Å². The van der Waals surface area contributed by atoms with Gasteiger partial charge in [-0.1, -0.05) is 6.07 Å². The van der Waals surface area contributed by atoms with Crippen LogP contribution < -0.4 is 15.4 Å². The minimum atomic E-state index is -0.245. The number of hydrogen-bond acceptors (Lipinski definition) is 5. The maximum atomic E-state index is 12.3. The van der Waals surface area contributed by atoms with Gasteiger partial charge in [-0.2, -0.15) is 5.26 Å². The smallest absolute Gasteiger partial charge is 0.249 e. The Labute approximate surface area is 150 Å². The van der Waals surface area contributed by atoms with E-state index in [9.17, 15) is 10.1 Å². The fraction of sp³-hybridized carbons (Fsp3) is 0.263. The van der Waals surface area contributed by atoms with Gasteiger partial charge in [0.2, 0.25) is 5.91 Å². The molecule has 128 valence electrons. The minimum absolute atomic E-state index is 0.245. The SMILES string of the molecule is COc1ccc(C)c(/C=C\C(=O)Nc2sc3c(c2C#N)CCNC3)c1. The number of ether oxygens (including phenoxy) is 1. The number of thiophene rings is 1. The number of nitrogens with zero attached hydrogens (tertiary/aromatic N) is 1. The molecule has 0 fully saturated rings. The molecule has 5 nitrogen and oxygen atoms in total. The van der Waals surface area contributed by atoms with Crippen LogP contribution in [0.1, 0.15) is 27.1 Å². The third kappa shape index (κ3) is 3.73. The maximum Gasteiger partial charge on any atom is 0.249 e. The van der Waals surface area contributed by atoms with Crippen molar-refractivity contribution in [2.24, 2.45) is 0 Å². The Morgan fingerprint density at radius 1 is 1.48 bits per heavy atom. The molecule has 0 radical (unpaired) electrons. The second-order valence-corrected chi connectivity index (χ2v) is 6.90. The van der Waals surface area contributed by atoms with Gasteiger partial charge in [0.1, 0.15) is 16.8 Å². The summed E-state index contributed by atoms with van der Waals surface area (Å²) in [4.78, 5) is 13.4. The van der Waals surface area contributed by atoms with Crippen LogP contribution in [0.3, 0.4) is 0 Å². The van der Waals surface area contributed by atoms with Crippen LogP contribution in [0.5, 0.6) is 5.75 Å². The molecule has 0 saturated heterocycles. The summed E-state index contributed by atoms with van der Waals surface area (Å²) in [6, 6.07) is 7.95. The second-order valence-electron chi connectivity index (χ2n) is 5.79. The van der Waals surface area contributed by atoms with Crippen LogP contribution in [0.4, 0.5) is 5.00 Å². The molecule has 0 bridgehead atoms. The number of nitriles is 1. The Hall–Kier alpha value is -2.62. The molecule has 0 aliphatic carbocycles. The number of rotatable bonds is 4. The quantitative estimate of drug-likeness (QED) is 0.828. The zero-order chi connectivity index (χ0) is 17.8. The highest BCUT2D eigenvalue weighted by molar-refractivity contribution is 7.16. The molecule has 1 amide bonds. The number of benzene rings is 1. The molecule has 1 aromatic heterocycles. The zero-order valence-electron chi connectivity index (χ0n) is 14.2. The van der Waals surface area contributed by atoms with Crippen LogP contribution in [0.2, 0.25) is 0 Å². The van der Waals surface area contributed by atoms with Crippen LogP contribution in [0.25, 0.3) is 6.08 Å². The van der Waals surface area contributed by atoms with E-state index in [1.165, 1.54) is 17.4 Å². The number of fused-ring (bicyclic) bond motifs is 1. The van der Waals surface area contributed by atoms with Gasteiger partial charge in [0.25, 0.3) is 0 Å². The lowest BCUT2D eigenvalue weighted by atomic mass is 10.1. The van der Waals surface area contributed by atoms with Gasteiger partial charge >= 0.3 is 0 Å². The highest BCUT2D eigenvalue weighted by Crippen LogP contribution is 2.34. The Kier molecular flexibility index (Phi) is 5.17. The van der Waals surface area contributed by atoms with E-state index in [1.807, 2.05) is 25.1 Å². The van der Waals surface area contributed by atoms with E-state index in [-0.39, 0.29) is 5.91 Å². The predicted octanol–water partition coefficient (Wildman–Crippen LogP) is 3.23. The molecule has 2 N–H and O–H groups in total. The van der Waals surface area contributed by atoms with Crippen molar-refractivity contribution in [3.8, 4) is 11.8 Å². The minimum Gasteiger partial charge on any atom is -0.497 e. The summed E-state index contributed by atoms with van der Waals surface area (Å²) in [5.41, 5.74) is 3.64. The first-order valence-corrected chi connectivity index (χ1v) is 8.83. The number of carbonyl (C=O) groups excluding carboxylic acids is 1. The third-order valence-corrected chi connectivity index (χ3v) is 5.32. The van der Waals surface area contributed by atoms with Gasteiger partial charge in [0, 0.05) is 17.5 Å². The summed E-state index contributed by atoms with van der Waals surface area (Å²) in [6.45, 7) is 3.59. The number of amides is 1. The van der Waals surface area contributed by atoms with Crippen LogP contribution >= 0.6 is 11.3 Å². The molecular weight excluding hydrogens is 334 g/mol. The summed E-state index contributed by atoms with van der Waals surface area (Å²) in [6.07, 6.45) is 4.07. The second kappa shape index (κ2) is 7.51. The van der Waals surface area contributed by atoms with Crippen molar-refractivity contribution in [1.82, 2.24) is 5.32 Å². The number of anilines is 1. The largest absolute Gasteiger partial charge is 0.497 e. The van der Waals surface area contributed by atoms with Crippen LogP contribution in [0, 0.1) is 18.3 Å². The molecule has 2 aromatic rings. The Bertz CT molecular complexity index is 878. The molecule has 6 heteroatoms. The summed E-state index contributed by atoms with van der Waals surface area (Å²) >= 11 is 1.47. The molecule has 1 aliphatic heterocycles. The van der Waals surface area contributed by atoms with Crippen molar-refractivity contribution in [2.45, 2.75) is 19.9 Å². The summed E-state index contributed by atoms with van der Waals surface area (Å²) in [7, 11) is 1.61. The molecule has 2 heterocycles. The van der Waals surface area contributed by atoms with Crippen molar-refractivity contribution in [3.63, 3.8) is 0 Å². The van der Waals surface area contributed by atoms with Gasteiger partial charge in [0.15, 0.2) is 0 Å². The average Bonchev–Trinajstić information content (AvgIpc) is 2.97. The van der Waals surface area contributed by atoms with Gasteiger partial charge in [-0.25, -0.2) is 0 Å². The zero-order valence-corrected chi connectivity index (χ0v) is 15.0. The van der Waals surface area contributed by atoms with E-state index in [2.05, 4.69) is 16.7 Å². The van der Waals surface area contributed by atoms with E-state index in [0.717, 1.165) is 46.8 Å². The van der Waals surface area contributed by atoms with Crippen molar-refractivity contribution >= 4 is 28.3 Å². The first kappa shape index (κ1) is 17.2. The third-order valence-electron chi connectivity index (χ3n) is 4.18. The van der Waals surface area contributed by atoms with Crippen LogP contribution in [-0.2, 0) is 17.8 Å². The van der Waals surface area contributed by atoms with E-state index in [4.69, 9.17) is 4.74 Å². The summed E-state index contributed by atoms with van der Waals surface area (Å²) < 4.78 is 5.21. The normalized spacial score (nSPS) is 13.3. The lowest BCUT2D eigenvalue weighted by Gasteiger charge is -2.11. The molecule has 3 rings (SSSR count). The molecule has 0 saturated carbocycles. The fourth-order valence-electron chi connectivity index (χ4n) is 2.79. The van der Waals surface area contributed by atoms with Crippen molar-refractivity contribution in [3.05, 3.63) is 51.4 Å². The lowest BCUT2D eigenvalue weighted by molar-refractivity contribution is -0.111. The molecule has 1 aliphatic rings. The fourth-order valence-corrected chi connectivity index (χ4v) is 3.96. The van der Waals surface area contributed by atoms with Crippen molar-refractivity contribution in [2.75, 3.05) is 19.0 Å². The Morgan fingerprint density at radius 2 is 2.32 bits per heavy atom. The topological polar surface area (TPSA) is 74.1 Å². The summed E-state index contributed by atoms with van der Waals surface area (Å²) in [5.74, 6) is 0.501. The van der Waals surface area contributed by atoms with Gasteiger partial charge in [-0.15, -0.1) is 11.3 Å². The Morgan fingerprint density at radius 3 is 3.08 bits per heavy atom. The summed E-state index contributed by atoms with van der Waals surface area (Å²) in [5, 5.41) is 16.2. The van der Waals surface area contributed by atoms with Gasteiger partial charge < -0.3 is 15.4 Å². The first-order chi connectivity index (χ1) is 12.1. The highest BCUT2D eigenvalue weighted by Gasteiger charge is 2.21. The molecule has 0 spiro atoms. The van der Waals surface area contributed by atoms with Crippen molar-refractivity contribution in [1.29, 1.82) is 5.26 Å². The van der Waals surface area contributed by atoms with E-state index < -0.39 is 0 Å². The van der Waals surface area contributed by atoms with Gasteiger partial charge in [0.05, 0.1) is 12.7 Å². The van der Waals surface area contributed by atoms with E-state index in [0.29, 0.717) is 10.6 Å². The number of carbonyl (C=O) groups is 1. The van der Waals surface area contributed by atoms with E-state index in [1.54, 1.807) is 13.2 Å². The molecule has 25 heavy (non-hydrogen) atoms. The van der Waals surface area contributed by atoms with Crippen molar-refractivity contribution < 1.29 is 9.53 Å². The number of nitrogens with one attached hydrogen (secondary N) is 2. The standard InChI is InChI=1S/C19H19N3O2S/c1-12-3-5-14(24-2)9-13(12)4-6-18(23)22-19-16(10-20)15-7-8-21-11-17(15)25-19/h3-6,9,21H,7-8,11H2,1-2H3,(H,22,23)/b6-4-. The van der Waals surface area contributed by atoms with Crippen LogP contribution in [-0.4, -0.2) is 19.6 Å². The average molecular weight is 353 g/mol. The number of methoxy groups -OCH3 is 1. The number of hydrogen-bond donors (Lipinski definition) is 2. The molecule has 0 unspecified atom stereocenters. The number of aryl methyl sites for hydroxylation is 1. The Balaban J connectivity index is 1.77. The van der Waals surface area contributed by atoms with Gasteiger partial charge in [-0.05, 0) is 54.8 Å². The highest BCUT2D eigenvalue weighted by atomic mass is 32.1. The predicted molar refractivity (Wildman–Crippen MR) is 99.8 cm³/mol. The lowest BCUT2D eigenvalue weighted by Crippen LogP contribution is -2.22. The molecule has 1 aromatic carbocycles. The van der Waals surface area contributed by atoms with E-state index >= 15 is 0 Å². The molecular formula is C19H19N3O2S. The first-order valence-electron chi connectivity index (χ1n) is 8.01. The maximum absolute atomic E-state index is 12.3. The molecule has 0 atom stereocenters. The monoisotopic (exact) mass is 353 g/mol.